The van der Waals surface area contributed by atoms with Crippen molar-refractivity contribution in [2.75, 3.05) is 25.5 Å². The van der Waals surface area contributed by atoms with Gasteiger partial charge in [0, 0.05) is 18.3 Å². The number of benzene rings is 2. The predicted molar refractivity (Wildman–Crippen MR) is 94.6 cm³/mol. The smallest absolute Gasteiger partial charge is 0.258 e. The van der Waals surface area contributed by atoms with Crippen molar-refractivity contribution in [3.8, 4) is 5.75 Å². The van der Waals surface area contributed by atoms with Gasteiger partial charge in [0.2, 0.25) is 5.91 Å². The van der Waals surface area contributed by atoms with Crippen molar-refractivity contribution in [3.05, 3.63) is 58.9 Å². The van der Waals surface area contributed by atoms with Crippen LogP contribution in [0.15, 0.2) is 42.5 Å². The van der Waals surface area contributed by atoms with Crippen molar-refractivity contribution in [3.63, 3.8) is 0 Å². The molecule has 0 atom stereocenters. The number of anilines is 1. The molecule has 2 aromatic carbocycles. The van der Waals surface area contributed by atoms with Gasteiger partial charge in [-0.3, -0.25) is 9.59 Å². The van der Waals surface area contributed by atoms with E-state index < -0.39 is 17.6 Å². The highest BCUT2D eigenvalue weighted by Crippen LogP contribution is 2.21. The maximum atomic E-state index is 13.9. The Morgan fingerprint density at radius 3 is 2.60 bits per heavy atom. The van der Waals surface area contributed by atoms with Gasteiger partial charge in [0.1, 0.15) is 18.1 Å². The van der Waals surface area contributed by atoms with Gasteiger partial charge < -0.3 is 15.0 Å². The minimum Gasteiger partial charge on any atom is -0.497 e. The number of likely N-dealkylation sites (N-methyl/N-ethyl adjacent to an activating group) is 1. The van der Waals surface area contributed by atoms with E-state index in [1.165, 1.54) is 24.1 Å². The van der Waals surface area contributed by atoms with Crippen molar-refractivity contribution >= 4 is 29.1 Å². The van der Waals surface area contributed by atoms with E-state index in [9.17, 15) is 14.0 Å². The molecule has 0 radical (unpaired) electrons. The molecule has 0 saturated carbocycles. The third kappa shape index (κ3) is 4.70. The van der Waals surface area contributed by atoms with Crippen LogP contribution in [-0.2, 0) is 4.79 Å². The van der Waals surface area contributed by atoms with E-state index in [1.54, 1.807) is 31.2 Å². The molecule has 7 heteroatoms. The van der Waals surface area contributed by atoms with Crippen LogP contribution in [0.5, 0.6) is 5.75 Å². The van der Waals surface area contributed by atoms with Crippen LogP contribution in [0.1, 0.15) is 17.3 Å². The van der Waals surface area contributed by atoms with Gasteiger partial charge >= 0.3 is 0 Å². The van der Waals surface area contributed by atoms with Gasteiger partial charge in [-0.2, -0.15) is 0 Å². The van der Waals surface area contributed by atoms with Crippen LogP contribution in [0.4, 0.5) is 10.1 Å². The summed E-state index contributed by atoms with van der Waals surface area (Å²) in [6, 6.07) is 10.8. The van der Waals surface area contributed by atoms with Gasteiger partial charge in [0.25, 0.3) is 5.91 Å². The molecule has 0 spiro atoms. The summed E-state index contributed by atoms with van der Waals surface area (Å²) in [5, 5.41) is 2.69. The Hall–Kier alpha value is -2.60. The number of nitrogens with zero attached hydrogens (tertiary/aromatic N) is 1. The second-order valence-electron chi connectivity index (χ2n) is 5.20. The van der Waals surface area contributed by atoms with Crippen LogP contribution in [0.25, 0.3) is 0 Å². The minimum atomic E-state index is -0.718. The molecule has 0 aliphatic carbocycles. The zero-order valence-electron chi connectivity index (χ0n) is 13.9. The average molecular weight is 365 g/mol. The summed E-state index contributed by atoms with van der Waals surface area (Å²) in [7, 11) is 1.52. The van der Waals surface area contributed by atoms with E-state index in [4.69, 9.17) is 16.3 Å². The molecule has 2 amide bonds. The fraction of sp³-hybridized carbons (Fsp3) is 0.222. The second-order valence-corrected chi connectivity index (χ2v) is 5.60. The molecule has 2 aromatic rings. The molecule has 0 aliphatic rings. The lowest BCUT2D eigenvalue weighted by Gasteiger charge is -2.21. The Morgan fingerprint density at radius 2 is 1.96 bits per heavy atom. The number of hydrogen-bond donors (Lipinski definition) is 1. The topological polar surface area (TPSA) is 58.6 Å². The molecule has 0 fully saturated rings. The summed E-state index contributed by atoms with van der Waals surface area (Å²) in [5.74, 6) is -1.16. The van der Waals surface area contributed by atoms with Gasteiger partial charge in [0.05, 0.1) is 17.7 Å². The van der Waals surface area contributed by atoms with E-state index in [-0.39, 0.29) is 23.7 Å². The number of hydrogen-bond acceptors (Lipinski definition) is 3. The Labute approximate surface area is 150 Å². The lowest BCUT2D eigenvalue weighted by Crippen LogP contribution is -2.38. The van der Waals surface area contributed by atoms with Crippen molar-refractivity contribution in [2.45, 2.75) is 6.92 Å². The molecule has 0 aromatic heterocycles. The molecule has 0 aliphatic heterocycles. The van der Waals surface area contributed by atoms with Gasteiger partial charge in [-0.25, -0.2) is 4.39 Å². The fourth-order valence-electron chi connectivity index (χ4n) is 2.26. The quantitative estimate of drug-likeness (QED) is 0.852. The van der Waals surface area contributed by atoms with E-state index in [2.05, 4.69) is 5.32 Å². The SMILES string of the molecule is CCN(CC(=O)Nc1cccc(OC)c1)C(=O)c1c(F)cccc1Cl. The van der Waals surface area contributed by atoms with Crippen LogP contribution in [0, 0.1) is 5.82 Å². The summed E-state index contributed by atoms with van der Waals surface area (Å²) >= 11 is 5.92. The Kier molecular flexibility index (Phi) is 6.36. The highest BCUT2D eigenvalue weighted by molar-refractivity contribution is 6.33. The number of carbonyl (C=O) groups is 2. The number of nitrogens with one attached hydrogen (secondary N) is 1. The van der Waals surface area contributed by atoms with E-state index >= 15 is 0 Å². The minimum absolute atomic E-state index is 0.0108. The van der Waals surface area contributed by atoms with Crippen LogP contribution in [-0.4, -0.2) is 36.9 Å². The second kappa shape index (κ2) is 8.48. The highest BCUT2D eigenvalue weighted by Gasteiger charge is 2.23. The Bertz CT molecular complexity index is 762. The average Bonchev–Trinajstić information content (AvgIpc) is 2.59. The van der Waals surface area contributed by atoms with Gasteiger partial charge in [-0.05, 0) is 31.2 Å². The number of amides is 2. The van der Waals surface area contributed by atoms with Gasteiger partial charge in [0.15, 0.2) is 0 Å². The first-order valence-corrected chi connectivity index (χ1v) is 8.01. The first-order chi connectivity index (χ1) is 12.0. The Balaban J connectivity index is 2.10. The van der Waals surface area contributed by atoms with Crippen LogP contribution in [0.3, 0.4) is 0 Å². The largest absolute Gasteiger partial charge is 0.497 e. The molecule has 132 valence electrons. The highest BCUT2D eigenvalue weighted by atomic mass is 35.5. The van der Waals surface area contributed by atoms with E-state index in [0.717, 1.165) is 6.07 Å². The molecule has 0 heterocycles. The molecular weight excluding hydrogens is 347 g/mol. The molecular formula is C18H18ClFN2O3. The summed E-state index contributed by atoms with van der Waals surface area (Å²) in [6.45, 7) is 1.71. The van der Waals surface area contributed by atoms with E-state index in [1.807, 2.05) is 0 Å². The van der Waals surface area contributed by atoms with Crippen LogP contribution in [0.2, 0.25) is 5.02 Å². The molecule has 2 rings (SSSR count). The third-order valence-corrected chi connectivity index (χ3v) is 3.85. The Morgan fingerprint density at radius 1 is 1.24 bits per heavy atom. The molecule has 0 saturated heterocycles. The normalized spacial score (nSPS) is 10.2. The molecule has 5 nitrogen and oxygen atoms in total. The number of methoxy groups -OCH3 is 1. The molecule has 25 heavy (non-hydrogen) atoms. The maximum absolute atomic E-state index is 13.9. The fourth-order valence-corrected chi connectivity index (χ4v) is 2.51. The number of halogens is 2. The van der Waals surface area contributed by atoms with Crippen molar-refractivity contribution in [2.24, 2.45) is 0 Å². The van der Waals surface area contributed by atoms with E-state index in [0.29, 0.717) is 11.4 Å². The summed E-state index contributed by atoms with van der Waals surface area (Å²) in [5.41, 5.74) is 0.303. The monoisotopic (exact) mass is 364 g/mol. The first-order valence-electron chi connectivity index (χ1n) is 7.63. The zero-order valence-corrected chi connectivity index (χ0v) is 14.6. The van der Waals surface area contributed by atoms with Gasteiger partial charge in [-0.15, -0.1) is 0 Å². The lowest BCUT2D eigenvalue weighted by atomic mass is 10.2. The molecule has 0 bridgehead atoms. The first kappa shape index (κ1) is 18.7. The van der Waals surface area contributed by atoms with Crippen LogP contribution < -0.4 is 10.1 Å². The number of rotatable bonds is 6. The summed E-state index contributed by atoms with van der Waals surface area (Å²) in [6.07, 6.45) is 0. The summed E-state index contributed by atoms with van der Waals surface area (Å²) in [4.78, 5) is 25.9. The van der Waals surface area contributed by atoms with Crippen LogP contribution >= 0.6 is 11.6 Å². The number of ether oxygens (including phenoxy) is 1. The van der Waals surface area contributed by atoms with Crippen molar-refractivity contribution in [1.29, 1.82) is 0 Å². The predicted octanol–water partition coefficient (Wildman–Crippen LogP) is 3.59. The standard InChI is InChI=1S/C18H18ClFN2O3/c1-3-22(18(24)17-14(19)8-5-9-15(17)20)11-16(23)21-12-6-4-7-13(10-12)25-2/h4-10H,3,11H2,1-2H3,(H,21,23). The molecule has 0 unspecified atom stereocenters. The lowest BCUT2D eigenvalue weighted by molar-refractivity contribution is -0.116. The summed E-state index contributed by atoms with van der Waals surface area (Å²) < 4.78 is 19.0. The van der Waals surface area contributed by atoms with Gasteiger partial charge in [-0.1, -0.05) is 23.7 Å². The maximum Gasteiger partial charge on any atom is 0.258 e. The molecule has 1 N–H and O–H groups in total. The number of carbonyl (C=O) groups excluding carboxylic acids is 2. The zero-order chi connectivity index (χ0) is 18.4. The van der Waals surface area contributed by atoms with Crippen molar-refractivity contribution < 1.29 is 18.7 Å². The third-order valence-electron chi connectivity index (χ3n) is 3.53. The van der Waals surface area contributed by atoms with Crippen molar-refractivity contribution in [1.82, 2.24) is 4.90 Å².